The Balaban J connectivity index is 1.72. The van der Waals surface area contributed by atoms with Gasteiger partial charge in [0.15, 0.2) is 11.5 Å². The minimum atomic E-state index is -4.98. The van der Waals surface area contributed by atoms with Gasteiger partial charge in [-0.05, 0) is 42.7 Å². The number of hydrogen-bond donors (Lipinski definition) is 0. The Morgan fingerprint density at radius 1 is 1.06 bits per heavy atom. The van der Waals surface area contributed by atoms with E-state index in [4.69, 9.17) is 4.74 Å². The van der Waals surface area contributed by atoms with Gasteiger partial charge in [-0.3, -0.25) is 4.79 Å². The van der Waals surface area contributed by atoms with Crippen molar-refractivity contribution in [3.05, 3.63) is 53.3 Å². The predicted molar refractivity (Wildman–Crippen MR) is 104 cm³/mol. The van der Waals surface area contributed by atoms with Crippen LogP contribution in [0, 0.1) is 0 Å². The Hall–Kier alpha value is -3.84. The number of methoxy groups -OCH3 is 1. The molecule has 0 N–H and O–H groups in total. The van der Waals surface area contributed by atoms with Crippen LogP contribution in [0.5, 0.6) is 11.6 Å². The van der Waals surface area contributed by atoms with E-state index >= 15 is 0 Å². The summed E-state index contributed by atoms with van der Waals surface area (Å²) in [6.45, 7) is 0.0656. The van der Waals surface area contributed by atoms with Gasteiger partial charge in [0.25, 0.3) is 5.91 Å². The number of ether oxygens (including phenoxy) is 2. The summed E-state index contributed by atoms with van der Waals surface area (Å²) in [7, 11) is 1.31. The Labute approximate surface area is 187 Å². The third-order valence-corrected chi connectivity index (χ3v) is 4.97. The molecule has 1 aromatic carbocycles. The van der Waals surface area contributed by atoms with Crippen molar-refractivity contribution in [3.63, 3.8) is 0 Å². The zero-order valence-electron chi connectivity index (χ0n) is 17.3. The van der Waals surface area contributed by atoms with Gasteiger partial charge in [-0.2, -0.15) is 18.3 Å². The van der Waals surface area contributed by atoms with Crippen LogP contribution in [0.1, 0.15) is 28.0 Å². The highest BCUT2D eigenvalue weighted by Gasteiger charge is 2.42. The number of aryl methyl sites for hydroxylation is 1. The largest absolute Gasteiger partial charge is 0.573 e. The summed E-state index contributed by atoms with van der Waals surface area (Å²) in [5.74, 6) is -1.72. The van der Waals surface area contributed by atoms with E-state index in [1.807, 2.05) is 0 Å². The summed E-state index contributed by atoms with van der Waals surface area (Å²) in [5, 5.41) is 11.0. The number of benzene rings is 1. The molecule has 1 aliphatic rings. The van der Waals surface area contributed by atoms with Crippen molar-refractivity contribution in [1.29, 1.82) is 0 Å². The molecule has 0 unspecified atom stereocenters. The van der Waals surface area contributed by atoms with E-state index in [9.17, 15) is 31.1 Å². The quantitative estimate of drug-likeness (QED) is 0.514. The highest BCUT2D eigenvalue weighted by atomic mass is 19.4. The summed E-state index contributed by atoms with van der Waals surface area (Å²) in [6, 6.07) is 5.80. The number of carbonyl (C=O) groups is 1. The number of carbonyl (C=O) groups excluding carboxylic acids is 1. The molecule has 1 amide bonds. The van der Waals surface area contributed by atoms with Crippen molar-refractivity contribution in [2.24, 2.45) is 0 Å². The molecule has 0 saturated heterocycles. The van der Waals surface area contributed by atoms with E-state index in [1.165, 1.54) is 25.3 Å². The zero-order valence-corrected chi connectivity index (χ0v) is 17.3. The Morgan fingerprint density at radius 3 is 2.44 bits per heavy atom. The first kappa shape index (κ1) is 23.3. The van der Waals surface area contributed by atoms with Gasteiger partial charge in [0, 0.05) is 18.3 Å². The van der Waals surface area contributed by atoms with Crippen molar-refractivity contribution < 1.29 is 40.6 Å². The van der Waals surface area contributed by atoms with Crippen molar-refractivity contribution in [1.82, 2.24) is 20.0 Å². The lowest BCUT2D eigenvalue weighted by molar-refractivity contribution is -0.274. The molecule has 2 aromatic heterocycles. The lowest BCUT2D eigenvalue weighted by Crippen LogP contribution is -2.36. The number of amides is 1. The van der Waals surface area contributed by atoms with Crippen molar-refractivity contribution in [2.75, 3.05) is 18.6 Å². The average molecular weight is 487 g/mol. The summed E-state index contributed by atoms with van der Waals surface area (Å²) >= 11 is 0. The van der Waals surface area contributed by atoms with Crippen molar-refractivity contribution in [2.45, 2.75) is 25.4 Å². The van der Waals surface area contributed by atoms with Gasteiger partial charge >= 0.3 is 12.5 Å². The molecule has 0 atom stereocenters. The van der Waals surface area contributed by atoms with Crippen LogP contribution in [0.3, 0.4) is 0 Å². The first-order valence-corrected chi connectivity index (χ1v) is 9.72. The maximum atomic E-state index is 14.0. The zero-order chi connectivity index (χ0) is 24.7. The van der Waals surface area contributed by atoms with Gasteiger partial charge in [-0.25, -0.2) is 4.68 Å². The van der Waals surface area contributed by atoms with E-state index in [-0.39, 0.29) is 23.9 Å². The Kier molecular flexibility index (Phi) is 5.83. The van der Waals surface area contributed by atoms with Crippen LogP contribution in [0.25, 0.3) is 5.82 Å². The van der Waals surface area contributed by atoms with Crippen LogP contribution in [-0.2, 0) is 12.6 Å². The number of halogens is 6. The lowest BCUT2D eigenvalue weighted by Gasteiger charge is -2.30. The van der Waals surface area contributed by atoms with E-state index in [1.54, 1.807) is 0 Å². The van der Waals surface area contributed by atoms with E-state index < -0.39 is 35.5 Å². The molecule has 3 heterocycles. The first-order valence-electron chi connectivity index (χ1n) is 9.72. The summed E-state index contributed by atoms with van der Waals surface area (Å²) in [5.41, 5.74) is -1.58. The smallest absolute Gasteiger partial charge is 0.480 e. The SMILES string of the molecule is COc1ccc(-n2ncc(C(=O)N3CCCc4cc(OC(F)(F)F)ccc43)c2C(F)(F)F)nn1. The topological polar surface area (TPSA) is 82.4 Å². The minimum Gasteiger partial charge on any atom is -0.480 e. The second kappa shape index (κ2) is 8.50. The minimum absolute atomic E-state index is 0.0656. The van der Waals surface area contributed by atoms with Crippen LogP contribution in [-0.4, -0.2) is 45.9 Å². The molecule has 34 heavy (non-hydrogen) atoms. The highest BCUT2D eigenvalue weighted by Crippen LogP contribution is 2.37. The highest BCUT2D eigenvalue weighted by molar-refractivity contribution is 6.07. The number of fused-ring (bicyclic) bond motifs is 1. The van der Waals surface area contributed by atoms with E-state index in [0.717, 1.165) is 23.2 Å². The normalized spacial score (nSPS) is 14.0. The van der Waals surface area contributed by atoms with Crippen LogP contribution < -0.4 is 14.4 Å². The third kappa shape index (κ3) is 4.61. The number of anilines is 1. The Morgan fingerprint density at radius 2 is 1.82 bits per heavy atom. The van der Waals surface area contributed by atoms with Crippen molar-refractivity contribution >= 4 is 11.6 Å². The standard InChI is InChI=1S/C20H15F6N5O3/c1-33-16-7-6-15(28-29-16)31-17(19(21,22)23)13(10-27-31)18(32)30-8-2-3-11-9-12(4-5-14(11)30)34-20(24,25)26/h4-7,9-10H,2-3,8H2,1H3. The molecule has 0 fully saturated rings. The summed E-state index contributed by atoms with van der Waals surface area (Å²) in [6.07, 6.45) is -8.47. The van der Waals surface area contributed by atoms with Crippen LogP contribution in [0.15, 0.2) is 36.5 Å². The molecule has 180 valence electrons. The van der Waals surface area contributed by atoms with E-state index in [0.29, 0.717) is 23.1 Å². The predicted octanol–water partition coefficient (Wildman–Crippen LogP) is 4.18. The fraction of sp³-hybridized carbons (Fsp3) is 0.300. The van der Waals surface area contributed by atoms with Gasteiger partial charge in [0.2, 0.25) is 5.88 Å². The maximum absolute atomic E-state index is 14.0. The molecule has 3 aromatic rings. The second-order valence-corrected chi connectivity index (χ2v) is 7.15. The number of hydrogen-bond acceptors (Lipinski definition) is 6. The van der Waals surface area contributed by atoms with Crippen molar-refractivity contribution in [3.8, 4) is 17.4 Å². The fourth-order valence-electron chi connectivity index (χ4n) is 3.61. The van der Waals surface area contributed by atoms with Crippen LogP contribution >= 0.6 is 0 Å². The molecule has 0 bridgehead atoms. The van der Waals surface area contributed by atoms with E-state index in [2.05, 4.69) is 20.0 Å². The Bertz CT molecular complexity index is 1210. The second-order valence-electron chi connectivity index (χ2n) is 7.15. The number of nitrogens with zero attached hydrogens (tertiary/aromatic N) is 5. The third-order valence-electron chi connectivity index (χ3n) is 4.97. The summed E-state index contributed by atoms with van der Waals surface area (Å²) in [4.78, 5) is 14.3. The number of aromatic nitrogens is 4. The van der Waals surface area contributed by atoms with Gasteiger partial charge in [-0.1, -0.05) is 0 Å². The van der Waals surface area contributed by atoms with Crippen LogP contribution in [0.2, 0.25) is 0 Å². The monoisotopic (exact) mass is 487 g/mol. The molecule has 0 spiro atoms. The summed E-state index contributed by atoms with van der Waals surface area (Å²) < 4.78 is 88.7. The maximum Gasteiger partial charge on any atom is 0.573 e. The molecule has 4 rings (SSSR count). The first-order chi connectivity index (χ1) is 16.0. The fourth-order valence-corrected chi connectivity index (χ4v) is 3.61. The molecule has 8 nitrogen and oxygen atoms in total. The van der Waals surface area contributed by atoms with Gasteiger partial charge in [0.05, 0.1) is 18.9 Å². The average Bonchev–Trinajstić information content (AvgIpc) is 3.23. The molecule has 0 aliphatic carbocycles. The molecule has 1 aliphatic heterocycles. The van der Waals surface area contributed by atoms with Gasteiger partial charge in [0.1, 0.15) is 5.75 Å². The van der Waals surface area contributed by atoms with Gasteiger partial charge in [-0.15, -0.1) is 23.4 Å². The molecular weight excluding hydrogens is 472 g/mol. The lowest BCUT2D eigenvalue weighted by atomic mass is 10.0. The molecule has 0 saturated carbocycles. The molecular formula is C20H15F6N5O3. The van der Waals surface area contributed by atoms with Crippen LogP contribution in [0.4, 0.5) is 32.0 Å². The number of alkyl halides is 6. The molecule has 14 heteroatoms. The number of rotatable bonds is 4. The van der Waals surface area contributed by atoms with Gasteiger partial charge < -0.3 is 14.4 Å². The molecule has 0 radical (unpaired) electrons.